The number of halogens is 1. The van der Waals surface area contributed by atoms with E-state index in [1.807, 2.05) is 30.5 Å². The number of aryl methyl sites for hydroxylation is 1. The highest BCUT2D eigenvalue weighted by Crippen LogP contribution is 2.48. The zero-order chi connectivity index (χ0) is 22.3. The van der Waals surface area contributed by atoms with Crippen LogP contribution in [0.5, 0.6) is 0 Å². The number of tetrazole rings is 1. The Morgan fingerprint density at radius 3 is 2.59 bits per heavy atom. The molecule has 0 spiro atoms. The van der Waals surface area contributed by atoms with Gasteiger partial charge in [-0.25, -0.2) is 4.68 Å². The van der Waals surface area contributed by atoms with E-state index in [0.29, 0.717) is 18.8 Å². The lowest BCUT2D eigenvalue weighted by Gasteiger charge is -2.41. The molecule has 162 valence electrons. The minimum atomic E-state index is -0.529. The zero-order valence-corrected chi connectivity index (χ0v) is 18.8. The number of hydrogen-bond donors (Lipinski definition) is 0. The Hall–Kier alpha value is -3.31. The van der Waals surface area contributed by atoms with Crippen molar-refractivity contribution in [1.82, 2.24) is 34.8 Å². The van der Waals surface area contributed by atoms with Crippen LogP contribution in [0.15, 0.2) is 42.6 Å². The second-order valence-electron chi connectivity index (χ2n) is 8.84. The first-order valence-electron chi connectivity index (χ1n) is 10.7. The third-order valence-corrected chi connectivity index (χ3v) is 6.92. The second kappa shape index (κ2) is 7.68. The minimum Gasteiger partial charge on any atom is -0.285 e. The fraction of sp³-hybridized carbons (Fsp3) is 0.391. The van der Waals surface area contributed by atoms with E-state index in [1.54, 1.807) is 4.68 Å². The Kier molecular flexibility index (Phi) is 4.94. The van der Waals surface area contributed by atoms with E-state index in [1.165, 1.54) is 5.56 Å². The summed E-state index contributed by atoms with van der Waals surface area (Å²) in [4.78, 5) is 0. The third-order valence-electron chi connectivity index (χ3n) is 6.67. The predicted molar refractivity (Wildman–Crippen MR) is 119 cm³/mol. The van der Waals surface area contributed by atoms with Gasteiger partial charge in [0.2, 0.25) is 0 Å². The van der Waals surface area contributed by atoms with Crippen molar-refractivity contribution in [2.45, 2.75) is 56.9 Å². The summed E-state index contributed by atoms with van der Waals surface area (Å²) in [5.74, 6) is 1.64. The van der Waals surface area contributed by atoms with Crippen LogP contribution in [0.1, 0.15) is 62.3 Å². The quantitative estimate of drug-likeness (QED) is 0.442. The van der Waals surface area contributed by atoms with Crippen LogP contribution in [0.25, 0.3) is 5.65 Å². The van der Waals surface area contributed by atoms with E-state index < -0.39 is 5.41 Å². The van der Waals surface area contributed by atoms with E-state index in [-0.39, 0.29) is 5.41 Å². The van der Waals surface area contributed by atoms with Gasteiger partial charge in [0, 0.05) is 16.8 Å². The van der Waals surface area contributed by atoms with Crippen LogP contribution >= 0.6 is 11.6 Å². The molecule has 0 aliphatic heterocycles. The Balaban J connectivity index is 1.62. The lowest BCUT2D eigenvalue weighted by molar-refractivity contribution is 0.283. The summed E-state index contributed by atoms with van der Waals surface area (Å²) in [6, 6.07) is 14.3. The monoisotopic (exact) mass is 446 g/mol. The molecule has 0 amide bonds. The molecule has 0 N–H and O–H groups in total. The number of hydrogen-bond acceptors (Lipinski definition) is 6. The molecule has 1 aliphatic rings. The molecule has 1 aromatic carbocycles. The highest BCUT2D eigenvalue weighted by atomic mass is 35.5. The molecular formula is C23H23ClN8. The van der Waals surface area contributed by atoms with Gasteiger partial charge >= 0.3 is 0 Å². The Morgan fingerprint density at radius 2 is 1.91 bits per heavy atom. The van der Waals surface area contributed by atoms with Crippen molar-refractivity contribution in [2.75, 3.05) is 0 Å². The normalized spacial score (nSPS) is 15.4. The molecule has 0 unspecified atom stereocenters. The number of aromatic nitrogens is 7. The standard InChI is InChI=1S/C23H23ClN8/c1-22(2,20-28-29-30-32(20)15-5-13-25)18-6-3-14-31-19(18)26-27-21(31)23(11-4-12-23)16-7-9-17(24)10-8-16/h3,6-10,14H,4-5,11-12,15H2,1-2H3. The van der Waals surface area contributed by atoms with Crippen LogP contribution in [0.3, 0.4) is 0 Å². The molecule has 3 heterocycles. The van der Waals surface area contributed by atoms with Crippen LogP contribution in [-0.2, 0) is 17.4 Å². The van der Waals surface area contributed by atoms with E-state index >= 15 is 0 Å². The van der Waals surface area contributed by atoms with Gasteiger partial charge in [0.1, 0.15) is 5.82 Å². The predicted octanol–water partition coefficient (Wildman–Crippen LogP) is 4.08. The Labute approximate surface area is 190 Å². The fourth-order valence-electron chi connectivity index (χ4n) is 4.75. The first-order chi connectivity index (χ1) is 15.5. The molecule has 1 aliphatic carbocycles. The maximum atomic E-state index is 8.97. The number of nitriles is 1. The zero-order valence-electron chi connectivity index (χ0n) is 18.0. The van der Waals surface area contributed by atoms with Gasteiger partial charge in [-0.3, -0.25) is 4.40 Å². The fourth-order valence-corrected chi connectivity index (χ4v) is 4.88. The molecule has 3 aromatic heterocycles. The number of fused-ring (bicyclic) bond motifs is 1. The summed E-state index contributed by atoms with van der Waals surface area (Å²) in [6.45, 7) is 4.59. The van der Waals surface area contributed by atoms with Crippen LogP contribution in [0, 0.1) is 11.3 Å². The summed E-state index contributed by atoms with van der Waals surface area (Å²) in [6.07, 6.45) is 5.57. The largest absolute Gasteiger partial charge is 0.285 e. The number of benzene rings is 1. The lowest BCUT2D eigenvalue weighted by atomic mass is 9.64. The van der Waals surface area contributed by atoms with Crippen molar-refractivity contribution in [1.29, 1.82) is 5.26 Å². The molecule has 8 nitrogen and oxygen atoms in total. The Morgan fingerprint density at radius 1 is 1.12 bits per heavy atom. The highest BCUT2D eigenvalue weighted by Gasteiger charge is 2.44. The van der Waals surface area contributed by atoms with Gasteiger partial charge < -0.3 is 0 Å². The van der Waals surface area contributed by atoms with Crippen LogP contribution in [0.2, 0.25) is 5.02 Å². The van der Waals surface area contributed by atoms with Crippen molar-refractivity contribution in [3.05, 3.63) is 70.4 Å². The van der Waals surface area contributed by atoms with Crippen molar-refractivity contribution in [2.24, 2.45) is 0 Å². The molecule has 0 atom stereocenters. The highest BCUT2D eigenvalue weighted by molar-refractivity contribution is 6.30. The molecular weight excluding hydrogens is 424 g/mol. The summed E-state index contributed by atoms with van der Waals surface area (Å²) in [7, 11) is 0. The average Bonchev–Trinajstić information content (AvgIpc) is 3.40. The van der Waals surface area contributed by atoms with Gasteiger partial charge in [0.05, 0.1) is 29.9 Å². The smallest absolute Gasteiger partial charge is 0.165 e. The maximum Gasteiger partial charge on any atom is 0.165 e. The van der Waals surface area contributed by atoms with E-state index in [2.05, 4.69) is 57.1 Å². The minimum absolute atomic E-state index is 0.166. The van der Waals surface area contributed by atoms with Crippen LogP contribution in [-0.4, -0.2) is 34.8 Å². The van der Waals surface area contributed by atoms with Gasteiger partial charge in [-0.05, 0) is 60.9 Å². The molecule has 0 radical (unpaired) electrons. The first kappa shape index (κ1) is 20.6. The molecule has 0 bridgehead atoms. The molecule has 0 saturated heterocycles. The Bertz CT molecular complexity index is 1310. The van der Waals surface area contributed by atoms with Crippen LogP contribution < -0.4 is 0 Å². The molecule has 1 fully saturated rings. The van der Waals surface area contributed by atoms with Gasteiger partial charge in [0.15, 0.2) is 11.5 Å². The molecule has 1 saturated carbocycles. The van der Waals surface area contributed by atoms with Crippen molar-refractivity contribution in [3.8, 4) is 6.07 Å². The molecule has 9 heteroatoms. The first-order valence-corrected chi connectivity index (χ1v) is 11.1. The summed E-state index contributed by atoms with van der Waals surface area (Å²) < 4.78 is 3.80. The van der Waals surface area contributed by atoms with Crippen molar-refractivity contribution >= 4 is 17.2 Å². The van der Waals surface area contributed by atoms with Crippen LogP contribution in [0.4, 0.5) is 0 Å². The van der Waals surface area contributed by atoms with Crippen molar-refractivity contribution in [3.63, 3.8) is 0 Å². The number of rotatable bonds is 6. The number of nitrogens with zero attached hydrogens (tertiary/aromatic N) is 8. The molecule has 32 heavy (non-hydrogen) atoms. The van der Waals surface area contributed by atoms with E-state index in [0.717, 1.165) is 41.3 Å². The van der Waals surface area contributed by atoms with Gasteiger partial charge in [-0.1, -0.05) is 36.2 Å². The topological polar surface area (TPSA) is 97.6 Å². The lowest BCUT2D eigenvalue weighted by Crippen LogP contribution is -2.37. The average molecular weight is 447 g/mol. The van der Waals surface area contributed by atoms with Gasteiger partial charge in [0.25, 0.3) is 0 Å². The summed E-state index contributed by atoms with van der Waals surface area (Å²) in [5, 5.41) is 31.3. The SMILES string of the molecule is CC(C)(c1cccn2c(C3(c4ccc(Cl)cc4)CCC3)nnc12)c1nnnn1CCC#N. The van der Waals surface area contributed by atoms with Gasteiger partial charge in [-0.2, -0.15) is 5.26 Å². The second-order valence-corrected chi connectivity index (χ2v) is 9.28. The molecule has 4 aromatic rings. The summed E-state index contributed by atoms with van der Waals surface area (Å²) in [5.41, 5.74) is 2.30. The number of pyridine rings is 1. The molecule has 5 rings (SSSR count). The van der Waals surface area contributed by atoms with Crippen molar-refractivity contribution < 1.29 is 0 Å². The maximum absolute atomic E-state index is 8.97. The van der Waals surface area contributed by atoms with E-state index in [9.17, 15) is 0 Å². The van der Waals surface area contributed by atoms with E-state index in [4.69, 9.17) is 22.0 Å². The summed E-state index contributed by atoms with van der Waals surface area (Å²) >= 11 is 6.14. The van der Waals surface area contributed by atoms with Gasteiger partial charge in [-0.15, -0.1) is 15.3 Å². The third kappa shape index (κ3) is 3.07.